The third-order valence-electron chi connectivity index (χ3n) is 5.07. The molecule has 5 heteroatoms. The Balaban J connectivity index is 1.84. The SMILES string of the molecule is CC(C)=C[C@H]1[C@@H](C(=O)OCC(=O)NC2(C#N)CCCC2)C1(C)C. The molecule has 0 radical (unpaired) electrons. The fraction of sp³-hybridized carbons (Fsp3) is 0.722. The van der Waals surface area contributed by atoms with Crippen LogP contribution < -0.4 is 5.32 Å². The second-order valence-electron chi connectivity index (χ2n) is 7.63. The molecule has 126 valence electrons. The Labute approximate surface area is 138 Å². The molecular weight excluding hydrogens is 292 g/mol. The predicted octanol–water partition coefficient (Wildman–Crippen LogP) is 2.72. The molecule has 0 aromatic heterocycles. The Hall–Kier alpha value is -1.83. The van der Waals surface area contributed by atoms with Gasteiger partial charge in [0, 0.05) is 0 Å². The third-order valence-corrected chi connectivity index (χ3v) is 5.07. The fourth-order valence-electron chi connectivity index (χ4n) is 3.57. The number of allylic oxidation sites excluding steroid dienone is 2. The highest BCUT2D eigenvalue weighted by molar-refractivity contribution is 5.84. The van der Waals surface area contributed by atoms with E-state index in [0.29, 0.717) is 12.8 Å². The molecule has 23 heavy (non-hydrogen) atoms. The summed E-state index contributed by atoms with van der Waals surface area (Å²) in [5.74, 6) is -0.742. The van der Waals surface area contributed by atoms with E-state index in [1.165, 1.54) is 5.57 Å². The van der Waals surface area contributed by atoms with Crippen molar-refractivity contribution < 1.29 is 14.3 Å². The summed E-state index contributed by atoms with van der Waals surface area (Å²) in [5.41, 5.74) is 0.283. The fourth-order valence-corrected chi connectivity index (χ4v) is 3.57. The number of ether oxygens (including phenoxy) is 1. The molecule has 2 rings (SSSR count). The van der Waals surface area contributed by atoms with Crippen LogP contribution >= 0.6 is 0 Å². The summed E-state index contributed by atoms with van der Waals surface area (Å²) in [4.78, 5) is 24.2. The van der Waals surface area contributed by atoms with Gasteiger partial charge in [-0.05, 0) is 50.9 Å². The first-order valence-electron chi connectivity index (χ1n) is 8.26. The standard InChI is InChI=1S/C18H26N2O3/c1-12(2)9-13-15(17(13,3)4)16(22)23-10-14(21)20-18(11-19)7-5-6-8-18/h9,13,15H,5-8,10H2,1-4H3,(H,20,21)/t13-,15-/m0/s1. The largest absolute Gasteiger partial charge is 0.455 e. The van der Waals surface area contributed by atoms with Crippen molar-refractivity contribution in [2.45, 2.75) is 58.9 Å². The Bertz CT molecular complexity index is 561. The zero-order valence-corrected chi connectivity index (χ0v) is 14.4. The van der Waals surface area contributed by atoms with Gasteiger partial charge in [-0.1, -0.05) is 25.5 Å². The first kappa shape index (κ1) is 17.5. The van der Waals surface area contributed by atoms with Crippen molar-refractivity contribution >= 4 is 11.9 Å². The van der Waals surface area contributed by atoms with Crippen LogP contribution in [0.5, 0.6) is 0 Å². The summed E-state index contributed by atoms with van der Waals surface area (Å²) < 4.78 is 5.19. The molecular formula is C18H26N2O3. The maximum absolute atomic E-state index is 12.2. The number of esters is 1. The normalized spacial score (nSPS) is 26.7. The van der Waals surface area contributed by atoms with Crippen LogP contribution in [0, 0.1) is 28.6 Å². The Morgan fingerprint density at radius 2 is 1.91 bits per heavy atom. The van der Waals surface area contributed by atoms with E-state index < -0.39 is 5.54 Å². The molecule has 1 N–H and O–H groups in total. The average molecular weight is 318 g/mol. The van der Waals surface area contributed by atoms with Crippen LogP contribution in [-0.4, -0.2) is 24.0 Å². The van der Waals surface area contributed by atoms with E-state index in [2.05, 4.69) is 17.5 Å². The minimum absolute atomic E-state index is 0.121. The van der Waals surface area contributed by atoms with E-state index in [4.69, 9.17) is 4.74 Å². The lowest BCUT2D eigenvalue weighted by Crippen LogP contribution is -2.46. The van der Waals surface area contributed by atoms with E-state index in [-0.39, 0.29) is 35.7 Å². The molecule has 2 aliphatic carbocycles. The van der Waals surface area contributed by atoms with E-state index in [9.17, 15) is 14.9 Å². The number of nitrogens with zero attached hydrogens (tertiary/aromatic N) is 1. The quantitative estimate of drug-likeness (QED) is 0.624. The van der Waals surface area contributed by atoms with Crippen molar-refractivity contribution in [1.82, 2.24) is 5.32 Å². The van der Waals surface area contributed by atoms with E-state index in [0.717, 1.165) is 12.8 Å². The van der Waals surface area contributed by atoms with Gasteiger partial charge in [0.15, 0.2) is 6.61 Å². The molecule has 2 saturated carbocycles. The lowest BCUT2D eigenvalue weighted by Gasteiger charge is -2.21. The van der Waals surface area contributed by atoms with Crippen molar-refractivity contribution in [1.29, 1.82) is 5.26 Å². The highest BCUT2D eigenvalue weighted by Crippen LogP contribution is 2.59. The number of rotatable bonds is 5. The number of amides is 1. The first-order valence-corrected chi connectivity index (χ1v) is 8.26. The third kappa shape index (κ3) is 3.74. The van der Waals surface area contributed by atoms with Crippen molar-refractivity contribution in [3.63, 3.8) is 0 Å². The summed E-state index contributed by atoms with van der Waals surface area (Å²) in [6, 6.07) is 2.19. The van der Waals surface area contributed by atoms with E-state index in [1.54, 1.807) is 0 Å². The molecule has 0 bridgehead atoms. The zero-order chi connectivity index (χ0) is 17.3. The minimum atomic E-state index is -0.771. The maximum Gasteiger partial charge on any atom is 0.310 e. The van der Waals surface area contributed by atoms with Crippen molar-refractivity contribution in [2.24, 2.45) is 17.3 Å². The van der Waals surface area contributed by atoms with Crippen LogP contribution in [0.4, 0.5) is 0 Å². The Morgan fingerprint density at radius 3 is 2.43 bits per heavy atom. The molecule has 2 fully saturated rings. The van der Waals surface area contributed by atoms with Crippen molar-refractivity contribution in [2.75, 3.05) is 6.61 Å². The lowest BCUT2D eigenvalue weighted by molar-refractivity contribution is -0.151. The first-order chi connectivity index (χ1) is 10.7. The molecule has 5 nitrogen and oxygen atoms in total. The summed E-state index contributed by atoms with van der Waals surface area (Å²) in [7, 11) is 0. The second kappa shape index (κ2) is 6.35. The minimum Gasteiger partial charge on any atom is -0.455 e. The molecule has 0 unspecified atom stereocenters. The lowest BCUT2D eigenvalue weighted by atomic mass is 10.00. The smallest absolute Gasteiger partial charge is 0.310 e. The van der Waals surface area contributed by atoms with Crippen LogP contribution in [0.2, 0.25) is 0 Å². The van der Waals surface area contributed by atoms with Crippen LogP contribution in [0.3, 0.4) is 0 Å². The highest BCUT2D eigenvalue weighted by Gasteiger charge is 2.61. The number of carbonyl (C=O) groups excluding carboxylic acids is 2. The summed E-state index contributed by atoms with van der Waals surface area (Å²) >= 11 is 0. The van der Waals surface area contributed by atoms with E-state index in [1.807, 2.05) is 27.7 Å². The topological polar surface area (TPSA) is 79.2 Å². The second-order valence-corrected chi connectivity index (χ2v) is 7.63. The van der Waals surface area contributed by atoms with Gasteiger partial charge in [-0.2, -0.15) is 5.26 Å². The molecule has 0 aromatic carbocycles. The number of nitrogens with one attached hydrogen (secondary N) is 1. The number of nitriles is 1. The van der Waals surface area contributed by atoms with Crippen molar-refractivity contribution in [3.05, 3.63) is 11.6 Å². The van der Waals surface area contributed by atoms with E-state index >= 15 is 0 Å². The van der Waals surface area contributed by atoms with Gasteiger partial charge in [0.05, 0.1) is 12.0 Å². The van der Waals surface area contributed by atoms with Gasteiger partial charge in [-0.25, -0.2) is 0 Å². The van der Waals surface area contributed by atoms with Crippen LogP contribution in [-0.2, 0) is 14.3 Å². The van der Waals surface area contributed by atoms with Crippen molar-refractivity contribution in [3.8, 4) is 6.07 Å². The zero-order valence-electron chi connectivity index (χ0n) is 14.4. The van der Waals surface area contributed by atoms with Crippen LogP contribution in [0.15, 0.2) is 11.6 Å². The molecule has 0 aliphatic heterocycles. The van der Waals surface area contributed by atoms with Gasteiger partial charge in [0.2, 0.25) is 0 Å². The molecule has 0 spiro atoms. The molecule has 0 aromatic rings. The van der Waals surface area contributed by atoms with Gasteiger partial charge >= 0.3 is 5.97 Å². The Morgan fingerprint density at radius 1 is 1.30 bits per heavy atom. The van der Waals surface area contributed by atoms with Gasteiger partial charge in [-0.3, -0.25) is 9.59 Å². The molecule has 0 saturated heterocycles. The Kier molecular flexibility index (Phi) is 4.84. The van der Waals surface area contributed by atoms with Crippen LogP contribution in [0.1, 0.15) is 53.4 Å². The molecule has 2 atom stereocenters. The summed E-state index contributed by atoms with van der Waals surface area (Å²) in [6.45, 7) is 7.77. The maximum atomic E-state index is 12.2. The summed E-state index contributed by atoms with van der Waals surface area (Å²) in [6.07, 6.45) is 5.31. The molecule has 2 aliphatic rings. The number of hydrogen-bond acceptors (Lipinski definition) is 4. The van der Waals surface area contributed by atoms with Gasteiger partial charge in [0.1, 0.15) is 5.54 Å². The predicted molar refractivity (Wildman–Crippen MR) is 86.1 cm³/mol. The van der Waals surface area contributed by atoms with Gasteiger partial charge in [0.25, 0.3) is 5.91 Å². The monoisotopic (exact) mass is 318 g/mol. The van der Waals surface area contributed by atoms with Gasteiger partial charge in [-0.15, -0.1) is 0 Å². The number of carbonyl (C=O) groups is 2. The van der Waals surface area contributed by atoms with Gasteiger partial charge < -0.3 is 10.1 Å². The van der Waals surface area contributed by atoms with Crippen LogP contribution in [0.25, 0.3) is 0 Å². The highest BCUT2D eigenvalue weighted by atomic mass is 16.5. The average Bonchev–Trinajstić information content (AvgIpc) is 2.84. The molecule has 0 heterocycles. The summed E-state index contributed by atoms with van der Waals surface area (Å²) in [5, 5.41) is 12.0. The molecule has 1 amide bonds. The number of hydrogen-bond donors (Lipinski definition) is 1.